The fourth-order valence-corrected chi connectivity index (χ4v) is 3.64. The van der Waals surface area contributed by atoms with Gasteiger partial charge in [-0.05, 0) is 25.1 Å². The highest BCUT2D eigenvalue weighted by molar-refractivity contribution is 6.30. The largest absolute Gasteiger partial charge is 0.338 e. The number of piperazine rings is 1. The molecule has 1 fully saturated rings. The number of imidazole rings is 1. The van der Waals surface area contributed by atoms with E-state index in [4.69, 9.17) is 27.3 Å². The third-order valence-electron chi connectivity index (χ3n) is 4.98. The Hall–Kier alpha value is -2.42. The molecule has 3 aromatic rings. The lowest BCUT2D eigenvalue weighted by Crippen LogP contribution is -2.48. The van der Waals surface area contributed by atoms with Crippen LogP contribution in [0.2, 0.25) is 5.02 Å². The Morgan fingerprint density at radius 1 is 1.18 bits per heavy atom. The lowest BCUT2D eigenvalue weighted by molar-refractivity contribution is 0.263. The van der Waals surface area contributed by atoms with E-state index in [9.17, 15) is 0 Å². The molecule has 0 radical (unpaired) electrons. The summed E-state index contributed by atoms with van der Waals surface area (Å²) in [4.78, 5) is 18.8. The maximum absolute atomic E-state index is 6.13. The smallest absolute Gasteiger partial charge is 0.229 e. The van der Waals surface area contributed by atoms with Gasteiger partial charge in [0, 0.05) is 56.5 Å². The van der Waals surface area contributed by atoms with Crippen molar-refractivity contribution in [2.24, 2.45) is 5.73 Å². The van der Waals surface area contributed by atoms with Crippen LogP contribution in [0.1, 0.15) is 6.92 Å². The molecule has 148 valence electrons. The van der Waals surface area contributed by atoms with Crippen molar-refractivity contribution in [1.29, 1.82) is 0 Å². The first-order valence-corrected chi connectivity index (χ1v) is 9.98. The Bertz CT molecular complexity index is 948. The number of aromatic nitrogens is 4. The molecule has 3 N–H and O–H groups in total. The monoisotopic (exact) mass is 400 g/mol. The Morgan fingerprint density at radius 3 is 2.71 bits per heavy atom. The number of benzene rings is 1. The molecule has 4 rings (SSSR count). The summed E-state index contributed by atoms with van der Waals surface area (Å²) in [5.74, 6) is 1.42. The molecule has 0 spiro atoms. The summed E-state index contributed by atoms with van der Waals surface area (Å²) >= 11 is 6.13. The normalized spacial score (nSPS) is 15.3. The van der Waals surface area contributed by atoms with E-state index in [0.29, 0.717) is 17.4 Å². The molecule has 1 aromatic carbocycles. The van der Waals surface area contributed by atoms with Crippen molar-refractivity contribution in [2.75, 3.05) is 49.5 Å². The van der Waals surface area contributed by atoms with Crippen LogP contribution in [0.25, 0.3) is 11.2 Å². The van der Waals surface area contributed by atoms with Gasteiger partial charge in [0.1, 0.15) is 0 Å². The molecule has 9 heteroatoms. The van der Waals surface area contributed by atoms with Crippen LogP contribution in [0.4, 0.5) is 17.5 Å². The summed E-state index contributed by atoms with van der Waals surface area (Å²) in [5.41, 5.74) is 8.15. The second-order valence-electron chi connectivity index (χ2n) is 6.83. The molecule has 1 aliphatic rings. The number of hydrogen-bond donors (Lipinski definition) is 2. The van der Waals surface area contributed by atoms with Gasteiger partial charge in [-0.3, -0.25) is 4.90 Å². The summed E-state index contributed by atoms with van der Waals surface area (Å²) in [6.07, 6.45) is 1.81. The number of nitrogens with one attached hydrogen (secondary N) is 1. The van der Waals surface area contributed by atoms with Crippen molar-refractivity contribution in [3.63, 3.8) is 0 Å². The standard InChI is InChI=1S/C19H25ClN8/c1-2-27-13-22-16-17(23-15-5-3-4-14(20)12-15)24-19(25-18(16)27)28-10-8-26(7-6-21)9-11-28/h3-5,12-13H,2,6-11,21H2,1H3,(H,23,24,25). The first kappa shape index (κ1) is 18.9. The maximum atomic E-state index is 6.13. The van der Waals surface area contributed by atoms with Crippen molar-refractivity contribution >= 4 is 40.2 Å². The molecule has 0 atom stereocenters. The van der Waals surface area contributed by atoms with Crippen LogP contribution >= 0.6 is 11.6 Å². The molecular formula is C19H25ClN8. The molecule has 1 saturated heterocycles. The molecule has 0 amide bonds. The van der Waals surface area contributed by atoms with Gasteiger partial charge in [0.25, 0.3) is 0 Å². The number of nitrogens with zero attached hydrogens (tertiary/aromatic N) is 6. The number of rotatable bonds is 6. The van der Waals surface area contributed by atoms with Gasteiger partial charge >= 0.3 is 0 Å². The highest BCUT2D eigenvalue weighted by atomic mass is 35.5. The third-order valence-corrected chi connectivity index (χ3v) is 5.22. The van der Waals surface area contributed by atoms with Crippen molar-refractivity contribution < 1.29 is 0 Å². The third kappa shape index (κ3) is 3.89. The fraction of sp³-hybridized carbons (Fsp3) is 0.421. The van der Waals surface area contributed by atoms with Crippen LogP contribution in [0, 0.1) is 0 Å². The van der Waals surface area contributed by atoms with E-state index in [0.717, 1.165) is 62.1 Å². The zero-order valence-corrected chi connectivity index (χ0v) is 16.7. The molecule has 2 aromatic heterocycles. The summed E-state index contributed by atoms with van der Waals surface area (Å²) in [6, 6.07) is 7.59. The fourth-order valence-electron chi connectivity index (χ4n) is 3.45. The number of anilines is 3. The molecular weight excluding hydrogens is 376 g/mol. The van der Waals surface area contributed by atoms with Gasteiger partial charge in [-0.15, -0.1) is 0 Å². The van der Waals surface area contributed by atoms with Crippen molar-refractivity contribution in [3.8, 4) is 0 Å². The summed E-state index contributed by atoms with van der Waals surface area (Å²) < 4.78 is 2.04. The van der Waals surface area contributed by atoms with Crippen LogP contribution in [0.15, 0.2) is 30.6 Å². The minimum absolute atomic E-state index is 0.672. The summed E-state index contributed by atoms with van der Waals surface area (Å²) in [7, 11) is 0. The Labute approximate surface area is 169 Å². The number of hydrogen-bond acceptors (Lipinski definition) is 7. The summed E-state index contributed by atoms with van der Waals surface area (Å²) in [6.45, 7) is 8.17. The summed E-state index contributed by atoms with van der Waals surface area (Å²) in [5, 5.41) is 4.04. The molecule has 1 aliphatic heterocycles. The van der Waals surface area contributed by atoms with E-state index in [1.54, 1.807) is 0 Å². The quantitative estimate of drug-likeness (QED) is 0.656. The van der Waals surface area contributed by atoms with E-state index in [1.165, 1.54) is 0 Å². The molecule has 0 bridgehead atoms. The topological polar surface area (TPSA) is 88.1 Å². The van der Waals surface area contributed by atoms with E-state index in [-0.39, 0.29) is 0 Å². The number of fused-ring (bicyclic) bond motifs is 1. The number of nitrogens with two attached hydrogens (primary N) is 1. The average Bonchev–Trinajstić information content (AvgIpc) is 3.12. The van der Waals surface area contributed by atoms with E-state index < -0.39 is 0 Å². The maximum Gasteiger partial charge on any atom is 0.229 e. The van der Waals surface area contributed by atoms with Crippen LogP contribution < -0.4 is 16.0 Å². The minimum atomic E-state index is 0.672. The second kappa shape index (κ2) is 8.30. The predicted molar refractivity (Wildman–Crippen MR) is 113 cm³/mol. The zero-order chi connectivity index (χ0) is 19.5. The van der Waals surface area contributed by atoms with Crippen molar-refractivity contribution in [3.05, 3.63) is 35.6 Å². The highest BCUT2D eigenvalue weighted by Gasteiger charge is 2.21. The average molecular weight is 401 g/mol. The van der Waals surface area contributed by atoms with Crippen LogP contribution in [0.5, 0.6) is 0 Å². The Kier molecular flexibility index (Phi) is 5.61. The zero-order valence-electron chi connectivity index (χ0n) is 16.0. The molecule has 0 saturated carbocycles. The van der Waals surface area contributed by atoms with E-state index >= 15 is 0 Å². The molecule has 28 heavy (non-hydrogen) atoms. The molecule has 8 nitrogen and oxygen atoms in total. The second-order valence-corrected chi connectivity index (χ2v) is 7.26. The van der Waals surface area contributed by atoms with Crippen LogP contribution in [-0.4, -0.2) is 63.7 Å². The van der Waals surface area contributed by atoms with Gasteiger partial charge in [-0.2, -0.15) is 9.97 Å². The van der Waals surface area contributed by atoms with Crippen LogP contribution in [-0.2, 0) is 6.54 Å². The number of aryl methyl sites for hydroxylation is 1. The SMILES string of the molecule is CCn1cnc2c(Nc3cccc(Cl)c3)nc(N3CCN(CCN)CC3)nc21. The van der Waals surface area contributed by atoms with Crippen molar-refractivity contribution in [2.45, 2.75) is 13.5 Å². The van der Waals surface area contributed by atoms with Gasteiger partial charge in [0.15, 0.2) is 17.0 Å². The molecule has 3 heterocycles. The number of halogens is 1. The predicted octanol–water partition coefficient (Wildman–Crippen LogP) is 2.32. The molecule has 0 unspecified atom stereocenters. The lowest BCUT2D eigenvalue weighted by atomic mass is 10.3. The van der Waals surface area contributed by atoms with Gasteiger partial charge < -0.3 is 20.5 Å². The minimum Gasteiger partial charge on any atom is -0.338 e. The lowest BCUT2D eigenvalue weighted by Gasteiger charge is -2.34. The first-order valence-electron chi connectivity index (χ1n) is 9.60. The van der Waals surface area contributed by atoms with Crippen LogP contribution in [0.3, 0.4) is 0 Å². The first-order chi connectivity index (χ1) is 13.7. The Balaban J connectivity index is 1.67. The van der Waals surface area contributed by atoms with Crippen molar-refractivity contribution in [1.82, 2.24) is 24.4 Å². The van der Waals surface area contributed by atoms with Gasteiger partial charge in [0.05, 0.1) is 6.33 Å². The van der Waals surface area contributed by atoms with Gasteiger partial charge in [0.2, 0.25) is 5.95 Å². The molecule has 0 aliphatic carbocycles. The van der Waals surface area contributed by atoms with Gasteiger partial charge in [-0.25, -0.2) is 4.98 Å². The van der Waals surface area contributed by atoms with Gasteiger partial charge in [-0.1, -0.05) is 17.7 Å². The Morgan fingerprint density at radius 2 is 2.00 bits per heavy atom. The van der Waals surface area contributed by atoms with E-state index in [2.05, 4.69) is 27.0 Å². The highest BCUT2D eigenvalue weighted by Crippen LogP contribution is 2.27. The van der Waals surface area contributed by atoms with E-state index in [1.807, 2.05) is 35.2 Å².